The number of esters is 1. The first-order valence-electron chi connectivity index (χ1n) is 24.0. The van der Waals surface area contributed by atoms with Gasteiger partial charge in [-0.3, -0.25) is 39.4 Å². The molecule has 0 radical (unpaired) electrons. The molecular formula is C54H59ClN8O9. The molecule has 376 valence electrons. The summed E-state index contributed by atoms with van der Waals surface area (Å²) in [5, 5.41) is 32.5. The molecule has 3 fully saturated rings. The molecule has 3 N–H and O–H groups in total. The standard InChI is InChI=1S/C25H24N4O4.C19H19N3O2.C10H15NO3.ClH/c1-15-6-7-16(11-26-15)12-27-19-5-3-2-4-17(19)18-10-20-22(30)29(14-25(8-9-25)23(31)32)24(33)28(20)13-21(18)27;1-12-6-7-13(9-20-12)11-22-17-5-3-2-4-14(17)15-8-16(19(23)24)21-10-18(15)22;1-9(2,3)14-8(12)10(4-5-10)6-13-7-11;/h2-7,11,20H,8-10,12-14H2,1H3,(H,31,32);2-7,9,16,21H,8,10-11H2,1H3,(H,23,24);4-6H2,1-3H3;1H/t20-;;;/m0.../s1. The van der Waals surface area contributed by atoms with E-state index < -0.39 is 40.5 Å². The lowest BCUT2D eigenvalue weighted by molar-refractivity contribution is -0.163. The predicted molar refractivity (Wildman–Crippen MR) is 268 cm³/mol. The molecule has 1 saturated heterocycles. The minimum atomic E-state index is -0.965. The van der Waals surface area contributed by atoms with Crippen LogP contribution >= 0.6 is 12.4 Å². The molecule has 2 aliphatic carbocycles. The van der Waals surface area contributed by atoms with Crippen LogP contribution < -0.4 is 5.32 Å². The zero-order valence-corrected chi connectivity index (χ0v) is 41.8. The largest absolute Gasteiger partial charge is 0.481 e. The number of para-hydroxylation sites is 2. The van der Waals surface area contributed by atoms with E-state index in [9.17, 15) is 34.2 Å². The van der Waals surface area contributed by atoms with Gasteiger partial charge >= 0.3 is 23.9 Å². The van der Waals surface area contributed by atoms with Crippen LogP contribution in [0.25, 0.3) is 21.8 Å². The molecule has 6 aromatic rings. The number of benzene rings is 2. The van der Waals surface area contributed by atoms with Crippen LogP contribution in [0.2, 0.25) is 0 Å². The molecule has 0 bridgehead atoms. The second-order valence-corrected chi connectivity index (χ2v) is 20.5. The number of carboxylic acid groups (broad SMARTS) is 2. The summed E-state index contributed by atoms with van der Waals surface area (Å²) >= 11 is 0. The monoisotopic (exact) mass is 998 g/mol. The number of rotatable bonds is 11. The second kappa shape index (κ2) is 20.1. The number of pyridine rings is 2. The van der Waals surface area contributed by atoms with Gasteiger partial charge in [0.2, 0.25) is 0 Å². The first kappa shape index (κ1) is 51.1. The van der Waals surface area contributed by atoms with Crippen LogP contribution in [0, 0.1) is 36.2 Å². The fraction of sp³-hybridized carbons (Fsp3) is 0.407. The van der Waals surface area contributed by atoms with Gasteiger partial charge in [-0.25, -0.2) is 4.79 Å². The molecule has 17 nitrogen and oxygen atoms in total. The predicted octanol–water partition coefficient (Wildman–Crippen LogP) is 7.47. The summed E-state index contributed by atoms with van der Waals surface area (Å²) in [5.41, 5.74) is 8.85. The van der Waals surface area contributed by atoms with E-state index in [4.69, 9.17) is 10.00 Å². The van der Waals surface area contributed by atoms with Crippen molar-refractivity contribution >= 4 is 64.1 Å². The number of carbonyl (C=O) groups is 5. The number of carbonyl (C=O) groups excluding carboxylic acids is 3. The van der Waals surface area contributed by atoms with Gasteiger partial charge in [-0.15, -0.1) is 12.4 Å². The van der Waals surface area contributed by atoms with Crippen molar-refractivity contribution in [2.45, 2.75) is 117 Å². The van der Waals surface area contributed by atoms with Crippen LogP contribution in [0.5, 0.6) is 0 Å². The maximum absolute atomic E-state index is 13.2. The zero-order chi connectivity index (χ0) is 50.4. The number of aliphatic carboxylic acids is 2. The lowest BCUT2D eigenvalue weighted by Crippen LogP contribution is -2.42. The Labute approximate surface area is 423 Å². The minimum Gasteiger partial charge on any atom is -0.481 e. The molecule has 4 aromatic heterocycles. The number of nitrogens with zero attached hydrogens (tertiary/aromatic N) is 7. The Morgan fingerprint density at radius 1 is 0.792 bits per heavy atom. The SMILES string of the molecule is CC(C)(C)OC(=O)C1(COC#N)CC1.Cc1ccc(Cn2c3c(c4ccccc42)CC(C(=O)O)NC3)cn1.Cc1ccc(Cn2c3c(c4ccccc42)C[C@H]2C(=O)N(CC4(C(=O)O)CC4)C(=O)N2C3)cn1.Cl. The number of imide groups is 1. The van der Waals surface area contributed by atoms with Gasteiger partial charge < -0.3 is 33.7 Å². The third-order valence-electron chi connectivity index (χ3n) is 14.2. The summed E-state index contributed by atoms with van der Waals surface area (Å²) in [6, 6.07) is 23.0. The maximum Gasteiger partial charge on any atom is 0.327 e. The number of fused-ring (bicyclic) bond motifs is 7. The van der Waals surface area contributed by atoms with E-state index in [1.54, 1.807) is 11.2 Å². The molecule has 2 saturated carbocycles. The lowest BCUT2D eigenvalue weighted by atomic mass is 9.97. The van der Waals surface area contributed by atoms with E-state index in [0.29, 0.717) is 45.3 Å². The summed E-state index contributed by atoms with van der Waals surface area (Å²) in [4.78, 5) is 72.7. The fourth-order valence-corrected chi connectivity index (χ4v) is 9.86. The van der Waals surface area contributed by atoms with Crippen LogP contribution in [0.3, 0.4) is 0 Å². The average Bonchev–Trinajstić information content (AvgIpc) is 4.27. The molecule has 2 atom stereocenters. The Hall–Kier alpha value is -7.29. The topological polar surface area (TPSA) is 222 Å². The van der Waals surface area contributed by atoms with Crippen molar-refractivity contribution in [3.8, 4) is 6.26 Å². The number of aryl methyl sites for hydroxylation is 2. The van der Waals surface area contributed by atoms with Crippen LogP contribution in [-0.2, 0) is 67.7 Å². The van der Waals surface area contributed by atoms with Crippen molar-refractivity contribution in [3.63, 3.8) is 0 Å². The third kappa shape index (κ3) is 10.2. The first-order chi connectivity index (χ1) is 33.9. The van der Waals surface area contributed by atoms with Crippen LogP contribution in [0.15, 0.2) is 85.2 Å². The highest BCUT2D eigenvalue weighted by molar-refractivity contribution is 6.05. The molecule has 18 heteroatoms. The van der Waals surface area contributed by atoms with Crippen molar-refractivity contribution in [2.24, 2.45) is 10.8 Å². The Bertz CT molecular complexity index is 3110. The number of halogens is 1. The van der Waals surface area contributed by atoms with Gasteiger partial charge in [0.1, 0.15) is 29.7 Å². The molecule has 0 spiro atoms. The molecule has 7 heterocycles. The summed E-state index contributed by atoms with van der Waals surface area (Å²) in [5.74, 6) is -2.25. The van der Waals surface area contributed by atoms with Crippen molar-refractivity contribution in [3.05, 3.63) is 130 Å². The number of carboxylic acids is 2. The van der Waals surface area contributed by atoms with Crippen LogP contribution in [-0.4, -0.2) is 99.8 Å². The van der Waals surface area contributed by atoms with Gasteiger partial charge in [0.05, 0.1) is 12.0 Å². The second-order valence-electron chi connectivity index (χ2n) is 20.5. The first-order valence-corrected chi connectivity index (χ1v) is 24.0. The van der Waals surface area contributed by atoms with Crippen LogP contribution in [0.4, 0.5) is 4.79 Å². The van der Waals surface area contributed by atoms with Gasteiger partial charge in [0.15, 0.2) is 0 Å². The van der Waals surface area contributed by atoms with Gasteiger partial charge in [0, 0.05) is 96.0 Å². The van der Waals surface area contributed by atoms with E-state index in [-0.39, 0.29) is 43.5 Å². The maximum atomic E-state index is 13.2. The molecule has 11 rings (SSSR count). The Balaban J connectivity index is 0.000000156. The molecule has 1 unspecified atom stereocenters. The Kier molecular flexibility index (Phi) is 14.2. The number of nitrogens with one attached hydrogen (secondary N) is 1. The summed E-state index contributed by atoms with van der Waals surface area (Å²) in [6.07, 6.45) is 8.83. The summed E-state index contributed by atoms with van der Waals surface area (Å²) < 4.78 is 14.3. The highest BCUT2D eigenvalue weighted by Gasteiger charge is 2.57. The van der Waals surface area contributed by atoms with Crippen molar-refractivity contribution in [1.82, 2.24) is 34.2 Å². The quantitative estimate of drug-likeness (QED) is 0.0652. The number of nitriles is 1. The van der Waals surface area contributed by atoms with E-state index in [0.717, 1.165) is 80.5 Å². The lowest BCUT2D eigenvalue weighted by Gasteiger charge is -2.28. The molecule has 72 heavy (non-hydrogen) atoms. The average molecular weight is 1000 g/mol. The van der Waals surface area contributed by atoms with E-state index >= 15 is 0 Å². The molecule has 5 aliphatic rings. The van der Waals surface area contributed by atoms with Crippen LogP contribution in [0.1, 0.15) is 91.5 Å². The number of aromatic nitrogens is 4. The smallest absolute Gasteiger partial charge is 0.327 e. The molecule has 3 aliphatic heterocycles. The van der Waals surface area contributed by atoms with E-state index in [1.165, 1.54) is 10.6 Å². The van der Waals surface area contributed by atoms with E-state index in [2.05, 4.69) is 65.6 Å². The van der Waals surface area contributed by atoms with Gasteiger partial charge in [-0.2, -0.15) is 5.26 Å². The van der Waals surface area contributed by atoms with E-state index in [1.807, 2.05) is 83.4 Å². The zero-order valence-electron chi connectivity index (χ0n) is 41.0. The van der Waals surface area contributed by atoms with Crippen molar-refractivity contribution in [1.29, 1.82) is 5.26 Å². The number of urea groups is 1. The van der Waals surface area contributed by atoms with Crippen molar-refractivity contribution in [2.75, 3.05) is 13.2 Å². The van der Waals surface area contributed by atoms with Gasteiger partial charge in [0.25, 0.3) is 12.2 Å². The normalized spacial score (nSPS) is 18.7. The van der Waals surface area contributed by atoms with Gasteiger partial charge in [-0.1, -0.05) is 48.5 Å². The minimum absolute atomic E-state index is 0. The number of hydrogen-bond acceptors (Lipinski definition) is 11. The summed E-state index contributed by atoms with van der Waals surface area (Å²) in [7, 11) is 0. The molecular weight excluding hydrogens is 940 g/mol. The Morgan fingerprint density at radius 3 is 1.82 bits per heavy atom. The number of amides is 3. The number of hydrogen-bond donors (Lipinski definition) is 3. The fourth-order valence-electron chi connectivity index (χ4n) is 9.86. The summed E-state index contributed by atoms with van der Waals surface area (Å²) in [6.45, 7) is 11.8. The van der Waals surface area contributed by atoms with Crippen molar-refractivity contribution < 1.29 is 43.7 Å². The molecule has 2 aromatic carbocycles. The highest BCUT2D eigenvalue weighted by Crippen LogP contribution is 2.49. The highest BCUT2D eigenvalue weighted by atomic mass is 35.5. The van der Waals surface area contributed by atoms with Gasteiger partial charge in [-0.05, 0) is 107 Å². The third-order valence-corrected chi connectivity index (χ3v) is 14.2. The number of ether oxygens (including phenoxy) is 2. The Morgan fingerprint density at radius 2 is 1.33 bits per heavy atom. The molecule has 3 amide bonds.